The Kier molecular flexibility index (Phi) is 6.87. The van der Waals surface area contributed by atoms with E-state index in [-0.39, 0.29) is 29.4 Å². The van der Waals surface area contributed by atoms with Crippen LogP contribution in [0, 0.1) is 5.82 Å². The second-order valence-corrected chi connectivity index (χ2v) is 8.03. The number of hydrogen-bond donors (Lipinski definition) is 1. The number of benzene rings is 1. The maximum absolute atomic E-state index is 15.3. The summed E-state index contributed by atoms with van der Waals surface area (Å²) in [7, 11) is 0. The van der Waals surface area contributed by atoms with E-state index in [1.54, 1.807) is 27.0 Å². The summed E-state index contributed by atoms with van der Waals surface area (Å²) in [4.78, 5) is 33.9. The van der Waals surface area contributed by atoms with Crippen molar-refractivity contribution in [1.82, 2.24) is 18.9 Å². The molecule has 0 aliphatic heterocycles. The molecule has 0 saturated carbocycles. The van der Waals surface area contributed by atoms with Gasteiger partial charge in [-0.05, 0) is 62.1 Å². The van der Waals surface area contributed by atoms with Gasteiger partial charge in [-0.2, -0.15) is 4.68 Å². The summed E-state index contributed by atoms with van der Waals surface area (Å²) >= 11 is 0. The smallest absolute Gasteiger partial charge is 0.350 e. The lowest BCUT2D eigenvalue weighted by Crippen LogP contribution is -2.25. The Bertz CT molecular complexity index is 1400. The highest BCUT2D eigenvalue weighted by Gasteiger charge is 2.20. The number of allylic oxidation sites excluding steroid dienone is 1. The molecule has 10 heteroatoms. The van der Waals surface area contributed by atoms with Crippen molar-refractivity contribution < 1.29 is 9.50 Å². The molecule has 0 aliphatic carbocycles. The summed E-state index contributed by atoms with van der Waals surface area (Å²) in [6.45, 7) is 12.4. The number of aromatic nitrogens is 4. The van der Waals surface area contributed by atoms with Crippen LogP contribution in [0.5, 0.6) is 0 Å². The van der Waals surface area contributed by atoms with Gasteiger partial charge in [0.25, 0.3) is 5.56 Å². The highest BCUT2D eigenvalue weighted by atomic mass is 19.1. The summed E-state index contributed by atoms with van der Waals surface area (Å²) in [5.41, 5.74) is 0.398. The van der Waals surface area contributed by atoms with Crippen LogP contribution in [-0.4, -0.2) is 37.1 Å². The van der Waals surface area contributed by atoms with Gasteiger partial charge in [0.15, 0.2) is 5.82 Å². The lowest BCUT2D eigenvalue weighted by molar-refractivity contribution is 0.264. The number of nitrogens with zero attached hydrogens (tertiary/aromatic N) is 6. The van der Waals surface area contributed by atoms with Crippen molar-refractivity contribution in [2.24, 2.45) is 9.98 Å². The minimum atomic E-state index is -0.783. The van der Waals surface area contributed by atoms with Gasteiger partial charge in [-0.3, -0.25) is 18.9 Å². The van der Waals surface area contributed by atoms with Gasteiger partial charge >= 0.3 is 5.69 Å². The Morgan fingerprint density at radius 1 is 1.27 bits per heavy atom. The van der Waals surface area contributed by atoms with Crippen LogP contribution in [0.1, 0.15) is 51.9 Å². The zero-order chi connectivity index (χ0) is 24.4. The average molecular weight is 455 g/mol. The fraction of sp³-hybridized carbons (Fsp3) is 0.348. The second-order valence-electron chi connectivity index (χ2n) is 8.03. The molecular formula is C23H27FN6O3. The summed E-state index contributed by atoms with van der Waals surface area (Å²) in [5, 5.41) is 14.3. The van der Waals surface area contributed by atoms with Crippen molar-refractivity contribution in [3.8, 4) is 5.69 Å². The molecule has 0 unspecified atom stereocenters. The number of halogens is 1. The molecule has 0 atom stereocenters. The molecule has 1 aromatic carbocycles. The Balaban J connectivity index is 2.41. The molecule has 174 valence electrons. The first-order chi connectivity index (χ1) is 15.7. The largest absolute Gasteiger partial charge is 0.388 e. The Labute approximate surface area is 189 Å². The quantitative estimate of drug-likeness (QED) is 0.437. The lowest BCUT2D eigenvalue weighted by Gasteiger charge is -2.17. The molecule has 0 aliphatic rings. The number of pyridine rings is 1. The SMILES string of the molecule is C=N/C=N\C(=C(C)C)n1cc(C(C)C)c2cc(-n3nc(CO)n(CC)c3=O)c(F)cc2c1=O. The fourth-order valence-electron chi connectivity index (χ4n) is 3.71. The molecule has 2 heterocycles. The Hall–Kier alpha value is -3.66. The van der Waals surface area contributed by atoms with E-state index in [0.717, 1.165) is 21.9 Å². The van der Waals surface area contributed by atoms with E-state index in [2.05, 4.69) is 21.8 Å². The highest BCUT2D eigenvalue weighted by molar-refractivity contribution is 5.88. The maximum atomic E-state index is 15.3. The summed E-state index contributed by atoms with van der Waals surface area (Å²) < 4.78 is 18.8. The van der Waals surface area contributed by atoms with Crippen molar-refractivity contribution in [3.63, 3.8) is 0 Å². The third kappa shape index (κ3) is 4.21. The van der Waals surface area contributed by atoms with Crippen LogP contribution in [0.15, 0.2) is 43.5 Å². The standard InChI is InChI=1S/C23H27FN6O3/c1-7-28-20(11-31)27-30(23(28)33)19-9-15-16(8-18(19)24)22(32)29(10-17(15)13(2)3)21(14(4)5)26-12-25-6/h8-10,12-13,31H,6-7,11H2,1-5H3/b26-12-. The molecule has 0 amide bonds. The predicted octanol–water partition coefficient (Wildman–Crippen LogP) is 3.06. The van der Waals surface area contributed by atoms with E-state index in [1.807, 2.05) is 13.8 Å². The highest BCUT2D eigenvalue weighted by Crippen LogP contribution is 2.28. The van der Waals surface area contributed by atoms with Crippen molar-refractivity contribution >= 4 is 29.6 Å². The molecule has 0 spiro atoms. The predicted molar refractivity (Wildman–Crippen MR) is 128 cm³/mol. The van der Waals surface area contributed by atoms with Crippen LogP contribution in [0.4, 0.5) is 4.39 Å². The number of aliphatic hydroxyl groups excluding tert-OH is 1. The van der Waals surface area contributed by atoms with Gasteiger partial charge in [0, 0.05) is 12.7 Å². The van der Waals surface area contributed by atoms with Crippen LogP contribution >= 0.6 is 0 Å². The van der Waals surface area contributed by atoms with Crippen LogP contribution in [0.2, 0.25) is 0 Å². The Morgan fingerprint density at radius 3 is 2.48 bits per heavy atom. The van der Waals surface area contributed by atoms with Gasteiger partial charge in [0.05, 0.1) is 5.39 Å². The van der Waals surface area contributed by atoms with Gasteiger partial charge in [-0.25, -0.2) is 14.2 Å². The molecule has 33 heavy (non-hydrogen) atoms. The molecule has 0 fully saturated rings. The van der Waals surface area contributed by atoms with E-state index in [9.17, 15) is 14.7 Å². The van der Waals surface area contributed by atoms with Crippen molar-refractivity contribution in [1.29, 1.82) is 0 Å². The van der Waals surface area contributed by atoms with Gasteiger partial charge in [-0.1, -0.05) is 13.8 Å². The van der Waals surface area contributed by atoms with Gasteiger partial charge in [0.1, 0.15) is 30.3 Å². The third-order valence-corrected chi connectivity index (χ3v) is 5.30. The minimum absolute atomic E-state index is 0.0319. The van der Waals surface area contributed by atoms with Crippen molar-refractivity contribution in [3.05, 3.63) is 61.9 Å². The molecule has 0 saturated heterocycles. The van der Waals surface area contributed by atoms with E-state index in [1.165, 1.54) is 21.5 Å². The summed E-state index contributed by atoms with van der Waals surface area (Å²) in [6.07, 6.45) is 2.92. The molecule has 3 aromatic rings. The Morgan fingerprint density at radius 2 is 1.97 bits per heavy atom. The van der Waals surface area contributed by atoms with Gasteiger partial charge in [0.2, 0.25) is 0 Å². The number of rotatable bonds is 7. The number of aliphatic hydroxyl groups is 1. The zero-order valence-corrected chi connectivity index (χ0v) is 19.3. The van der Waals surface area contributed by atoms with Crippen LogP contribution in [0.3, 0.4) is 0 Å². The molecule has 1 N–H and O–H groups in total. The van der Waals surface area contributed by atoms with E-state index in [0.29, 0.717) is 11.2 Å². The van der Waals surface area contributed by atoms with Crippen molar-refractivity contribution in [2.75, 3.05) is 0 Å². The van der Waals surface area contributed by atoms with Gasteiger partial charge < -0.3 is 5.11 Å². The van der Waals surface area contributed by atoms with E-state index < -0.39 is 23.7 Å². The normalized spacial score (nSPS) is 11.6. The lowest BCUT2D eigenvalue weighted by atomic mass is 9.97. The van der Waals surface area contributed by atoms with Crippen LogP contribution < -0.4 is 11.2 Å². The van der Waals surface area contributed by atoms with E-state index in [4.69, 9.17) is 0 Å². The summed E-state index contributed by atoms with van der Waals surface area (Å²) in [5.74, 6) is -0.320. The monoisotopic (exact) mass is 454 g/mol. The first kappa shape index (κ1) is 24.0. The van der Waals surface area contributed by atoms with E-state index >= 15 is 4.39 Å². The minimum Gasteiger partial charge on any atom is -0.388 e. The number of hydrogen-bond acceptors (Lipinski definition) is 5. The second kappa shape index (κ2) is 9.45. The van der Waals surface area contributed by atoms with Crippen molar-refractivity contribution in [2.45, 2.75) is 53.7 Å². The number of fused-ring (bicyclic) bond motifs is 1. The maximum Gasteiger partial charge on any atom is 0.350 e. The molecule has 0 radical (unpaired) electrons. The summed E-state index contributed by atoms with van der Waals surface area (Å²) in [6, 6.07) is 2.57. The average Bonchev–Trinajstić information content (AvgIpc) is 3.09. The molecule has 0 bridgehead atoms. The zero-order valence-electron chi connectivity index (χ0n) is 19.3. The molecule has 3 rings (SSSR count). The number of aliphatic imine (C=N–C) groups is 2. The topological polar surface area (TPSA) is 107 Å². The molecule has 9 nitrogen and oxygen atoms in total. The van der Waals surface area contributed by atoms with Crippen LogP contribution in [-0.2, 0) is 13.2 Å². The first-order valence-corrected chi connectivity index (χ1v) is 10.5. The van der Waals surface area contributed by atoms with Gasteiger partial charge in [-0.15, -0.1) is 5.10 Å². The molecule has 2 aromatic heterocycles. The fourth-order valence-corrected chi connectivity index (χ4v) is 3.71. The molecular weight excluding hydrogens is 427 g/mol. The third-order valence-electron chi connectivity index (χ3n) is 5.30. The van der Waals surface area contributed by atoms with Crippen LogP contribution in [0.25, 0.3) is 22.3 Å². The first-order valence-electron chi connectivity index (χ1n) is 10.5.